The van der Waals surface area contributed by atoms with Gasteiger partial charge in [0.2, 0.25) is 0 Å². The Balaban J connectivity index is -0.000000334. The van der Waals surface area contributed by atoms with Gasteiger partial charge in [0.15, 0.2) is 0 Å². The first-order chi connectivity index (χ1) is 10.3. The van der Waals surface area contributed by atoms with Gasteiger partial charge < -0.3 is 10.6 Å². The minimum absolute atomic E-state index is 0. The summed E-state index contributed by atoms with van der Waals surface area (Å²) in [7, 11) is 1.50. The molecule has 0 aliphatic heterocycles. The molecule has 0 aromatic carbocycles. The SMILES string of the molecule is CCCCN(CCCC)CCCC.CN.[OH].c1ccncc1. The van der Waals surface area contributed by atoms with Crippen molar-refractivity contribution in [2.45, 2.75) is 59.3 Å². The first-order valence-corrected chi connectivity index (χ1v) is 8.50. The first kappa shape index (κ1) is 26.0. The largest absolute Gasteiger partial charge is 0.333 e. The average Bonchev–Trinajstić information content (AvgIpc) is 2.58. The van der Waals surface area contributed by atoms with Gasteiger partial charge in [0.25, 0.3) is 0 Å². The molecular weight excluding hydrogens is 274 g/mol. The lowest BCUT2D eigenvalue weighted by atomic mass is 10.2. The van der Waals surface area contributed by atoms with E-state index in [1.54, 1.807) is 12.4 Å². The van der Waals surface area contributed by atoms with Gasteiger partial charge in [0.1, 0.15) is 0 Å². The second kappa shape index (κ2) is 25.0. The lowest BCUT2D eigenvalue weighted by Crippen LogP contribution is -2.27. The summed E-state index contributed by atoms with van der Waals surface area (Å²) in [6.07, 6.45) is 11.6. The molecular formula is C18H38N3O. The summed E-state index contributed by atoms with van der Waals surface area (Å²) < 4.78 is 0. The van der Waals surface area contributed by atoms with Gasteiger partial charge in [0.05, 0.1) is 0 Å². The summed E-state index contributed by atoms with van der Waals surface area (Å²) in [5.74, 6) is 0. The number of pyridine rings is 1. The van der Waals surface area contributed by atoms with Crippen LogP contribution in [0.25, 0.3) is 0 Å². The van der Waals surface area contributed by atoms with E-state index >= 15 is 0 Å². The van der Waals surface area contributed by atoms with Gasteiger partial charge in [-0.1, -0.05) is 46.1 Å². The third-order valence-corrected chi connectivity index (χ3v) is 3.05. The number of hydrogen-bond acceptors (Lipinski definition) is 3. The van der Waals surface area contributed by atoms with Crippen LogP contribution in [0.3, 0.4) is 0 Å². The highest BCUT2D eigenvalue weighted by molar-refractivity contribution is 4.88. The number of nitrogens with two attached hydrogens (primary N) is 1. The molecule has 1 aromatic rings. The third kappa shape index (κ3) is 21.3. The molecule has 0 unspecified atom stereocenters. The van der Waals surface area contributed by atoms with Crippen molar-refractivity contribution in [2.24, 2.45) is 5.73 Å². The van der Waals surface area contributed by atoms with E-state index < -0.39 is 0 Å². The molecule has 0 saturated heterocycles. The van der Waals surface area contributed by atoms with Crippen LogP contribution in [0.15, 0.2) is 30.6 Å². The summed E-state index contributed by atoms with van der Waals surface area (Å²) in [5, 5.41) is 0. The summed E-state index contributed by atoms with van der Waals surface area (Å²) in [5.41, 5.74) is 4.50. The predicted octanol–water partition coefficient (Wildman–Crippen LogP) is 4.17. The van der Waals surface area contributed by atoms with Gasteiger partial charge in [-0.25, -0.2) is 0 Å². The minimum Gasteiger partial charge on any atom is -0.333 e. The molecule has 1 heterocycles. The molecule has 131 valence electrons. The Hall–Kier alpha value is -0.970. The summed E-state index contributed by atoms with van der Waals surface area (Å²) >= 11 is 0. The predicted molar refractivity (Wildman–Crippen MR) is 97.4 cm³/mol. The minimum atomic E-state index is 0. The van der Waals surface area contributed by atoms with Crippen LogP contribution in [0.2, 0.25) is 0 Å². The summed E-state index contributed by atoms with van der Waals surface area (Å²) in [6, 6.07) is 5.72. The monoisotopic (exact) mass is 312 g/mol. The van der Waals surface area contributed by atoms with Gasteiger partial charge in [-0.05, 0) is 58.1 Å². The molecule has 4 heteroatoms. The Morgan fingerprint density at radius 2 is 1.09 bits per heavy atom. The van der Waals surface area contributed by atoms with Crippen LogP contribution in [-0.4, -0.2) is 42.0 Å². The molecule has 1 rings (SSSR count). The zero-order chi connectivity index (χ0) is 16.2. The van der Waals surface area contributed by atoms with E-state index in [1.807, 2.05) is 18.2 Å². The van der Waals surface area contributed by atoms with E-state index in [9.17, 15) is 0 Å². The van der Waals surface area contributed by atoms with Gasteiger partial charge in [0, 0.05) is 12.4 Å². The molecule has 4 nitrogen and oxygen atoms in total. The van der Waals surface area contributed by atoms with Crippen molar-refractivity contribution in [2.75, 3.05) is 26.7 Å². The molecule has 0 aliphatic rings. The third-order valence-electron chi connectivity index (χ3n) is 3.05. The van der Waals surface area contributed by atoms with Crippen LogP contribution < -0.4 is 5.73 Å². The number of hydrogen-bond donors (Lipinski definition) is 2. The maximum Gasteiger partial charge on any atom is 0.0267 e. The molecule has 1 aromatic heterocycles. The molecule has 0 amide bonds. The fraction of sp³-hybridized carbons (Fsp3) is 0.722. The molecule has 22 heavy (non-hydrogen) atoms. The molecule has 3 N–H and O–H groups in total. The van der Waals surface area contributed by atoms with Crippen LogP contribution in [0.5, 0.6) is 0 Å². The average molecular weight is 313 g/mol. The molecule has 0 atom stereocenters. The Labute approximate surface area is 138 Å². The maximum absolute atomic E-state index is 4.50. The van der Waals surface area contributed by atoms with Crippen LogP contribution >= 0.6 is 0 Å². The van der Waals surface area contributed by atoms with Crippen molar-refractivity contribution in [3.8, 4) is 0 Å². The highest BCUT2D eigenvalue weighted by atomic mass is 16.0. The van der Waals surface area contributed by atoms with Crippen molar-refractivity contribution >= 4 is 0 Å². The number of rotatable bonds is 9. The highest BCUT2D eigenvalue weighted by Gasteiger charge is 2.01. The Bertz CT molecular complexity index is 212. The van der Waals surface area contributed by atoms with Crippen LogP contribution in [0.4, 0.5) is 0 Å². The Morgan fingerprint density at radius 1 is 0.727 bits per heavy atom. The van der Waals surface area contributed by atoms with Crippen molar-refractivity contribution in [3.05, 3.63) is 30.6 Å². The smallest absolute Gasteiger partial charge is 0.0267 e. The lowest BCUT2D eigenvalue weighted by molar-refractivity contribution is 0.261. The molecule has 0 saturated carbocycles. The molecule has 0 bridgehead atoms. The number of aromatic nitrogens is 1. The maximum atomic E-state index is 4.50. The van der Waals surface area contributed by atoms with Crippen LogP contribution in [-0.2, 0) is 0 Å². The van der Waals surface area contributed by atoms with E-state index in [1.165, 1.54) is 65.2 Å². The highest BCUT2D eigenvalue weighted by Crippen LogP contribution is 2.01. The van der Waals surface area contributed by atoms with E-state index in [2.05, 4.69) is 36.4 Å². The van der Waals surface area contributed by atoms with Gasteiger partial charge in [-0.15, -0.1) is 0 Å². The van der Waals surface area contributed by atoms with E-state index in [4.69, 9.17) is 0 Å². The van der Waals surface area contributed by atoms with E-state index in [-0.39, 0.29) is 5.48 Å². The van der Waals surface area contributed by atoms with Gasteiger partial charge in [-0.3, -0.25) is 10.5 Å². The van der Waals surface area contributed by atoms with Crippen molar-refractivity contribution in [3.63, 3.8) is 0 Å². The first-order valence-electron chi connectivity index (χ1n) is 8.50. The summed E-state index contributed by atoms with van der Waals surface area (Å²) in [4.78, 5) is 6.42. The zero-order valence-corrected chi connectivity index (χ0v) is 15.2. The Kier molecular flexibility index (Phi) is 29.5. The quantitative estimate of drug-likeness (QED) is 0.719. The molecule has 0 aliphatic carbocycles. The second-order valence-corrected chi connectivity index (χ2v) is 4.93. The van der Waals surface area contributed by atoms with Crippen molar-refractivity contribution < 1.29 is 5.48 Å². The standard InChI is InChI=1S/C12H27N.C5H5N.CH5N.HO/c1-4-7-10-13(11-8-5-2)12-9-6-3;1-2-4-6-5-3-1;1-2;/h4-12H2,1-3H3;1-5H;2H2,1H3;1H. The number of unbranched alkanes of at least 4 members (excludes halogenated alkanes) is 3. The molecule has 0 fully saturated rings. The van der Waals surface area contributed by atoms with Gasteiger partial charge in [-0.2, -0.15) is 0 Å². The van der Waals surface area contributed by atoms with Gasteiger partial charge >= 0.3 is 0 Å². The molecule has 0 spiro atoms. The van der Waals surface area contributed by atoms with Crippen molar-refractivity contribution in [1.82, 2.24) is 9.88 Å². The second-order valence-electron chi connectivity index (χ2n) is 4.93. The van der Waals surface area contributed by atoms with Crippen LogP contribution in [0.1, 0.15) is 59.3 Å². The fourth-order valence-electron chi connectivity index (χ4n) is 1.79. The number of nitrogens with zero attached hydrogens (tertiary/aromatic N) is 2. The zero-order valence-electron chi connectivity index (χ0n) is 15.2. The van der Waals surface area contributed by atoms with E-state index in [0.717, 1.165) is 0 Å². The Morgan fingerprint density at radius 3 is 1.27 bits per heavy atom. The normalized spacial score (nSPS) is 9.00. The fourth-order valence-corrected chi connectivity index (χ4v) is 1.79. The lowest BCUT2D eigenvalue weighted by Gasteiger charge is -2.21. The molecule has 1 radical (unpaired) electrons. The van der Waals surface area contributed by atoms with Crippen molar-refractivity contribution in [1.29, 1.82) is 0 Å². The summed E-state index contributed by atoms with van der Waals surface area (Å²) in [6.45, 7) is 10.8. The van der Waals surface area contributed by atoms with E-state index in [0.29, 0.717) is 0 Å². The van der Waals surface area contributed by atoms with Crippen LogP contribution in [0, 0.1) is 0 Å². The topological polar surface area (TPSA) is 72.2 Å².